The number of hydrogen-bond acceptors (Lipinski definition) is 6. The molecule has 1 amide bonds. The van der Waals surface area contributed by atoms with Crippen molar-refractivity contribution in [2.75, 3.05) is 26.2 Å². The Morgan fingerprint density at radius 3 is 2.43 bits per heavy atom. The van der Waals surface area contributed by atoms with Gasteiger partial charge in [-0.05, 0) is 46.6 Å². The summed E-state index contributed by atoms with van der Waals surface area (Å²) in [4.78, 5) is 27.3. The van der Waals surface area contributed by atoms with Gasteiger partial charge in [0.25, 0.3) is 5.69 Å². The van der Waals surface area contributed by atoms with Crippen LogP contribution in [0.15, 0.2) is 18.3 Å². The van der Waals surface area contributed by atoms with Gasteiger partial charge in [-0.3, -0.25) is 19.7 Å². The van der Waals surface area contributed by atoms with Gasteiger partial charge in [0.1, 0.15) is 5.60 Å². The van der Waals surface area contributed by atoms with E-state index in [9.17, 15) is 14.9 Å². The summed E-state index contributed by atoms with van der Waals surface area (Å²) in [5.74, 6) is 0. The second-order valence-corrected chi connectivity index (χ2v) is 9.35. The summed E-state index contributed by atoms with van der Waals surface area (Å²) < 4.78 is 7.42. The van der Waals surface area contributed by atoms with E-state index in [4.69, 9.17) is 4.74 Å². The number of ether oxygens (including phenoxy) is 1. The number of carbonyl (C=O) groups is 1. The van der Waals surface area contributed by atoms with Crippen LogP contribution in [0.1, 0.15) is 45.2 Å². The number of benzene rings is 1. The summed E-state index contributed by atoms with van der Waals surface area (Å²) in [6, 6.07) is 4.20. The van der Waals surface area contributed by atoms with Crippen LogP contribution in [0.3, 0.4) is 0 Å². The molecule has 1 saturated carbocycles. The number of rotatable bonds is 3. The minimum atomic E-state index is -0.471. The van der Waals surface area contributed by atoms with Gasteiger partial charge < -0.3 is 9.64 Å². The van der Waals surface area contributed by atoms with Gasteiger partial charge in [-0.1, -0.05) is 0 Å². The van der Waals surface area contributed by atoms with Crippen LogP contribution in [0.5, 0.6) is 0 Å². The molecule has 9 nitrogen and oxygen atoms in total. The van der Waals surface area contributed by atoms with Crippen molar-refractivity contribution in [1.82, 2.24) is 19.6 Å². The van der Waals surface area contributed by atoms with Gasteiger partial charge in [0.2, 0.25) is 0 Å². The number of nitro benzene ring substituents is 1. The van der Waals surface area contributed by atoms with E-state index >= 15 is 0 Å². The maximum absolute atomic E-state index is 12.2. The first-order valence-electron chi connectivity index (χ1n) is 10.5. The molecule has 1 aromatic carbocycles. The third kappa shape index (κ3) is 4.12. The van der Waals surface area contributed by atoms with Crippen molar-refractivity contribution in [3.63, 3.8) is 0 Å². The Labute approximate surface area is 175 Å². The molecular weight excluding hydrogens is 386 g/mol. The van der Waals surface area contributed by atoms with Crippen LogP contribution in [0.2, 0.25) is 0 Å². The first kappa shape index (κ1) is 20.6. The third-order valence-electron chi connectivity index (χ3n) is 5.98. The van der Waals surface area contributed by atoms with Crippen LogP contribution in [-0.2, 0) is 4.74 Å². The average Bonchev–Trinajstić information content (AvgIpc) is 3.00. The lowest BCUT2D eigenvalue weighted by molar-refractivity contribution is -0.385. The number of nitrogens with zero attached hydrogens (tertiary/aromatic N) is 5. The zero-order chi connectivity index (χ0) is 21.6. The first-order chi connectivity index (χ1) is 14.1. The summed E-state index contributed by atoms with van der Waals surface area (Å²) in [6.07, 6.45) is 3.69. The van der Waals surface area contributed by atoms with Crippen molar-refractivity contribution in [2.24, 2.45) is 0 Å². The van der Waals surface area contributed by atoms with Crippen LogP contribution in [-0.4, -0.2) is 68.4 Å². The van der Waals surface area contributed by atoms with Crippen molar-refractivity contribution in [3.05, 3.63) is 34.0 Å². The van der Waals surface area contributed by atoms with Crippen LogP contribution in [0.4, 0.5) is 10.5 Å². The van der Waals surface area contributed by atoms with E-state index in [2.05, 4.69) is 10.00 Å². The Bertz CT molecular complexity index is 966. The number of aromatic nitrogens is 2. The zero-order valence-corrected chi connectivity index (χ0v) is 18.0. The van der Waals surface area contributed by atoms with Crippen molar-refractivity contribution in [1.29, 1.82) is 0 Å². The quantitative estimate of drug-likeness (QED) is 0.562. The Morgan fingerprint density at radius 1 is 1.17 bits per heavy atom. The van der Waals surface area contributed by atoms with E-state index in [1.54, 1.807) is 24.0 Å². The van der Waals surface area contributed by atoms with Crippen LogP contribution < -0.4 is 0 Å². The van der Waals surface area contributed by atoms with E-state index in [0.29, 0.717) is 30.7 Å². The highest BCUT2D eigenvalue weighted by molar-refractivity contribution is 5.82. The molecule has 2 fully saturated rings. The second kappa shape index (κ2) is 7.54. The Kier molecular flexibility index (Phi) is 5.17. The lowest BCUT2D eigenvalue weighted by Gasteiger charge is -2.46. The predicted molar refractivity (Wildman–Crippen MR) is 113 cm³/mol. The van der Waals surface area contributed by atoms with E-state index in [0.717, 1.165) is 36.8 Å². The largest absolute Gasteiger partial charge is 0.444 e. The van der Waals surface area contributed by atoms with Gasteiger partial charge in [0.05, 0.1) is 16.5 Å². The molecule has 4 rings (SSSR count). The summed E-state index contributed by atoms with van der Waals surface area (Å²) in [7, 11) is 0. The van der Waals surface area contributed by atoms with Crippen molar-refractivity contribution in [3.8, 4) is 0 Å². The van der Waals surface area contributed by atoms with E-state index in [1.165, 1.54) is 0 Å². The maximum atomic E-state index is 12.2. The summed E-state index contributed by atoms with van der Waals surface area (Å²) in [6.45, 7) is 10.5. The van der Waals surface area contributed by atoms with Gasteiger partial charge in [0, 0.05) is 55.4 Å². The van der Waals surface area contributed by atoms with Gasteiger partial charge in [-0.2, -0.15) is 5.10 Å². The molecule has 1 aliphatic carbocycles. The summed E-state index contributed by atoms with van der Waals surface area (Å²) >= 11 is 0. The molecule has 2 aliphatic rings. The molecule has 0 spiro atoms. The third-order valence-corrected chi connectivity index (χ3v) is 5.98. The lowest BCUT2D eigenvalue weighted by atomic mass is 9.85. The molecular formula is C21H29N5O4. The average molecular weight is 415 g/mol. The minimum absolute atomic E-state index is 0.136. The van der Waals surface area contributed by atoms with Crippen molar-refractivity contribution in [2.45, 2.75) is 58.2 Å². The van der Waals surface area contributed by atoms with Crippen LogP contribution in [0, 0.1) is 17.0 Å². The summed E-state index contributed by atoms with van der Waals surface area (Å²) in [5, 5.41) is 16.6. The fraction of sp³-hybridized carbons (Fsp3) is 0.619. The summed E-state index contributed by atoms with van der Waals surface area (Å²) in [5.41, 5.74) is 1.10. The highest BCUT2D eigenvalue weighted by atomic mass is 16.6. The second-order valence-electron chi connectivity index (χ2n) is 9.35. The molecule has 1 aromatic heterocycles. The van der Waals surface area contributed by atoms with Gasteiger partial charge in [0.15, 0.2) is 0 Å². The van der Waals surface area contributed by atoms with Crippen molar-refractivity contribution >= 4 is 22.7 Å². The standard InChI is InChI=1S/C21H29N5O4/c1-14-9-18-15(10-19(14)26(28)29)13-25(22-18)17-11-16(12-17)23-5-7-24(8-6-23)20(27)30-21(2,3)4/h9-10,13,16-17H,5-8,11-12H2,1-4H3. The number of hydrogen-bond donors (Lipinski definition) is 0. The number of fused-ring (bicyclic) bond motifs is 1. The molecule has 0 unspecified atom stereocenters. The van der Waals surface area contributed by atoms with E-state index in [-0.39, 0.29) is 16.7 Å². The SMILES string of the molecule is Cc1cc2nn(C3CC(N4CCN(C(=O)OC(C)(C)C)CC4)C3)cc2cc1[N+](=O)[O-]. The highest BCUT2D eigenvalue weighted by Gasteiger charge is 2.37. The fourth-order valence-corrected chi connectivity index (χ4v) is 4.24. The number of aryl methyl sites for hydroxylation is 1. The van der Waals surface area contributed by atoms with Crippen molar-refractivity contribution < 1.29 is 14.5 Å². The number of amides is 1. The topological polar surface area (TPSA) is 93.7 Å². The predicted octanol–water partition coefficient (Wildman–Crippen LogP) is 3.51. The first-order valence-corrected chi connectivity index (χ1v) is 10.5. The minimum Gasteiger partial charge on any atom is -0.444 e. The molecule has 0 N–H and O–H groups in total. The zero-order valence-electron chi connectivity index (χ0n) is 18.0. The number of piperazine rings is 1. The molecule has 162 valence electrons. The van der Waals surface area contributed by atoms with Gasteiger partial charge in [-0.25, -0.2) is 4.79 Å². The molecule has 0 bridgehead atoms. The molecule has 30 heavy (non-hydrogen) atoms. The molecule has 2 heterocycles. The Morgan fingerprint density at radius 2 is 1.83 bits per heavy atom. The normalized spacial score (nSPS) is 22.7. The van der Waals surface area contributed by atoms with Crippen LogP contribution in [0.25, 0.3) is 10.9 Å². The van der Waals surface area contributed by atoms with E-state index < -0.39 is 5.60 Å². The Hall–Kier alpha value is -2.68. The fourth-order valence-electron chi connectivity index (χ4n) is 4.24. The molecule has 0 radical (unpaired) electrons. The van der Waals surface area contributed by atoms with Gasteiger partial charge >= 0.3 is 6.09 Å². The molecule has 9 heteroatoms. The van der Waals surface area contributed by atoms with Gasteiger partial charge in [-0.15, -0.1) is 0 Å². The molecule has 2 aromatic rings. The molecule has 1 saturated heterocycles. The van der Waals surface area contributed by atoms with E-state index in [1.807, 2.05) is 31.6 Å². The monoisotopic (exact) mass is 415 g/mol. The molecule has 0 atom stereocenters. The maximum Gasteiger partial charge on any atom is 0.410 e. The molecule has 1 aliphatic heterocycles. The van der Waals surface area contributed by atoms with Crippen LogP contribution >= 0.6 is 0 Å². The lowest BCUT2D eigenvalue weighted by Crippen LogP contribution is -2.55. The number of nitro groups is 1. The Balaban J connectivity index is 1.32. The highest BCUT2D eigenvalue weighted by Crippen LogP contribution is 2.37. The number of carbonyl (C=O) groups excluding carboxylic acids is 1. The smallest absolute Gasteiger partial charge is 0.410 e.